The van der Waals surface area contributed by atoms with Gasteiger partial charge in [0, 0.05) is 12.6 Å². The zero-order chi connectivity index (χ0) is 24.7. The Labute approximate surface area is 202 Å². The lowest BCUT2D eigenvalue weighted by Crippen LogP contribution is -2.17. The topological polar surface area (TPSA) is 87.5 Å². The van der Waals surface area contributed by atoms with Crippen molar-refractivity contribution in [3.05, 3.63) is 54.1 Å². The van der Waals surface area contributed by atoms with Crippen LogP contribution in [0.2, 0.25) is 0 Å². The van der Waals surface area contributed by atoms with E-state index in [0.717, 1.165) is 0 Å². The molecule has 1 N–H and O–H groups in total. The predicted molar refractivity (Wildman–Crippen MR) is 129 cm³/mol. The molecule has 0 fully saturated rings. The summed E-state index contributed by atoms with van der Waals surface area (Å²) in [6.45, 7) is 6.70. The average Bonchev–Trinajstić information content (AvgIpc) is 3.21. The van der Waals surface area contributed by atoms with Crippen molar-refractivity contribution in [3.63, 3.8) is 0 Å². The van der Waals surface area contributed by atoms with E-state index in [-0.39, 0.29) is 17.5 Å². The van der Waals surface area contributed by atoms with Crippen LogP contribution in [-0.2, 0) is 11.3 Å². The second-order valence-corrected chi connectivity index (χ2v) is 8.90. The average molecular weight is 489 g/mol. The van der Waals surface area contributed by atoms with Crippen molar-refractivity contribution in [2.24, 2.45) is 5.92 Å². The van der Waals surface area contributed by atoms with Crippen LogP contribution in [-0.4, -0.2) is 40.6 Å². The summed E-state index contributed by atoms with van der Waals surface area (Å²) in [5, 5.41) is 12.1. The first kappa shape index (κ1) is 25.4. The molecule has 0 bridgehead atoms. The third kappa shape index (κ3) is 6.63. The molecule has 0 aliphatic heterocycles. The molecule has 0 aliphatic rings. The number of nitrogens with one attached hydrogen (secondary N) is 1. The fourth-order valence-corrected chi connectivity index (χ4v) is 4.00. The molecule has 1 heterocycles. The molecule has 0 saturated heterocycles. The zero-order valence-electron chi connectivity index (χ0n) is 19.9. The van der Waals surface area contributed by atoms with Crippen molar-refractivity contribution in [2.45, 2.75) is 38.6 Å². The molecule has 1 aromatic heterocycles. The SMILES string of the molecule is COc1ccc(OC)c(NC(=O)CSc2nnc(C(C)Oc3ccc(F)cc3)n2CC(C)C)c1. The Bertz CT molecular complexity index is 1100. The minimum absolute atomic E-state index is 0.129. The fraction of sp³-hybridized carbons (Fsp3) is 0.375. The summed E-state index contributed by atoms with van der Waals surface area (Å²) < 4.78 is 31.6. The number of halogens is 1. The molecule has 8 nitrogen and oxygen atoms in total. The maximum Gasteiger partial charge on any atom is 0.234 e. The molecule has 34 heavy (non-hydrogen) atoms. The first-order valence-electron chi connectivity index (χ1n) is 10.8. The van der Waals surface area contributed by atoms with Crippen LogP contribution in [0, 0.1) is 11.7 Å². The second kappa shape index (κ2) is 11.7. The smallest absolute Gasteiger partial charge is 0.234 e. The number of hydrogen-bond donors (Lipinski definition) is 1. The number of methoxy groups -OCH3 is 2. The third-order valence-electron chi connectivity index (χ3n) is 4.80. The maximum atomic E-state index is 13.2. The summed E-state index contributed by atoms with van der Waals surface area (Å²) in [6.07, 6.45) is -0.416. The van der Waals surface area contributed by atoms with Gasteiger partial charge in [-0.05, 0) is 49.2 Å². The summed E-state index contributed by atoms with van der Waals surface area (Å²) >= 11 is 1.29. The Morgan fingerprint density at radius 1 is 1.06 bits per heavy atom. The zero-order valence-corrected chi connectivity index (χ0v) is 20.7. The van der Waals surface area contributed by atoms with Gasteiger partial charge in [-0.25, -0.2) is 4.39 Å². The minimum Gasteiger partial charge on any atom is -0.497 e. The normalized spacial score (nSPS) is 11.9. The number of hydrogen-bond acceptors (Lipinski definition) is 7. The van der Waals surface area contributed by atoms with E-state index in [9.17, 15) is 9.18 Å². The summed E-state index contributed by atoms with van der Waals surface area (Å²) in [5.74, 6) is 2.23. The number of thioether (sulfide) groups is 1. The Balaban J connectivity index is 1.71. The van der Waals surface area contributed by atoms with Crippen LogP contribution in [0.3, 0.4) is 0 Å². The van der Waals surface area contributed by atoms with E-state index >= 15 is 0 Å². The van der Waals surface area contributed by atoms with Gasteiger partial charge in [-0.1, -0.05) is 25.6 Å². The number of benzene rings is 2. The molecule has 1 unspecified atom stereocenters. The monoisotopic (exact) mass is 488 g/mol. The van der Waals surface area contributed by atoms with Gasteiger partial charge in [-0.2, -0.15) is 0 Å². The first-order valence-corrected chi connectivity index (χ1v) is 11.8. The first-order chi connectivity index (χ1) is 16.3. The van der Waals surface area contributed by atoms with Gasteiger partial charge in [0.2, 0.25) is 5.91 Å². The van der Waals surface area contributed by atoms with Gasteiger partial charge < -0.3 is 24.1 Å². The highest BCUT2D eigenvalue weighted by Gasteiger charge is 2.21. The number of amides is 1. The number of rotatable bonds is 11. The molecule has 0 spiro atoms. The van der Waals surface area contributed by atoms with E-state index in [2.05, 4.69) is 29.4 Å². The molecule has 3 aromatic rings. The third-order valence-corrected chi connectivity index (χ3v) is 5.76. The molecule has 2 aromatic carbocycles. The fourth-order valence-electron chi connectivity index (χ4n) is 3.24. The lowest BCUT2D eigenvalue weighted by Gasteiger charge is -2.18. The number of aromatic nitrogens is 3. The van der Waals surface area contributed by atoms with Gasteiger partial charge in [0.05, 0.1) is 25.7 Å². The summed E-state index contributed by atoms with van der Waals surface area (Å²) in [5.41, 5.74) is 0.526. The second-order valence-electron chi connectivity index (χ2n) is 7.96. The predicted octanol–water partition coefficient (Wildman–Crippen LogP) is 4.96. The maximum absolute atomic E-state index is 13.2. The van der Waals surface area contributed by atoms with Crippen LogP contribution in [0.5, 0.6) is 17.2 Å². The van der Waals surface area contributed by atoms with Crippen molar-refractivity contribution < 1.29 is 23.4 Å². The van der Waals surface area contributed by atoms with Crippen molar-refractivity contribution in [1.82, 2.24) is 14.8 Å². The number of carbonyl (C=O) groups is 1. The Kier molecular flexibility index (Phi) is 8.75. The van der Waals surface area contributed by atoms with Crippen LogP contribution in [0.25, 0.3) is 0 Å². The minimum atomic E-state index is -0.416. The van der Waals surface area contributed by atoms with Crippen molar-refractivity contribution in [2.75, 3.05) is 25.3 Å². The summed E-state index contributed by atoms with van der Waals surface area (Å²) in [7, 11) is 3.10. The van der Waals surface area contributed by atoms with Crippen molar-refractivity contribution in [1.29, 1.82) is 0 Å². The molecular weight excluding hydrogens is 459 g/mol. The standard InChI is InChI=1S/C24H29FN4O4S/c1-15(2)13-29-23(16(3)33-18-8-6-17(25)7-9-18)27-28-24(29)34-14-22(30)26-20-12-19(31-4)10-11-21(20)32-5/h6-12,15-16H,13-14H2,1-5H3,(H,26,30). The van der Waals surface area contributed by atoms with Gasteiger partial charge in [-0.3, -0.25) is 4.79 Å². The highest BCUT2D eigenvalue weighted by Crippen LogP contribution is 2.30. The molecule has 0 aliphatic carbocycles. The van der Waals surface area contributed by atoms with E-state index < -0.39 is 6.10 Å². The number of nitrogens with zero attached hydrogens (tertiary/aromatic N) is 3. The Hall–Kier alpha value is -3.27. The van der Waals surface area contributed by atoms with Crippen LogP contribution in [0.1, 0.15) is 32.7 Å². The summed E-state index contributed by atoms with van der Waals surface area (Å²) in [4.78, 5) is 12.7. The molecule has 0 saturated carbocycles. The molecule has 1 atom stereocenters. The van der Waals surface area contributed by atoms with E-state index in [4.69, 9.17) is 14.2 Å². The van der Waals surface area contributed by atoms with Gasteiger partial charge >= 0.3 is 0 Å². The van der Waals surface area contributed by atoms with E-state index in [0.29, 0.717) is 46.4 Å². The van der Waals surface area contributed by atoms with Crippen LogP contribution < -0.4 is 19.5 Å². The van der Waals surface area contributed by atoms with Crippen LogP contribution in [0.4, 0.5) is 10.1 Å². The van der Waals surface area contributed by atoms with Gasteiger partial charge in [0.1, 0.15) is 23.1 Å². The largest absolute Gasteiger partial charge is 0.497 e. The molecular formula is C24H29FN4O4S. The van der Waals surface area contributed by atoms with Gasteiger partial charge in [-0.15, -0.1) is 10.2 Å². The number of carbonyl (C=O) groups excluding carboxylic acids is 1. The Morgan fingerprint density at radius 3 is 2.41 bits per heavy atom. The number of ether oxygens (including phenoxy) is 3. The van der Waals surface area contributed by atoms with Crippen LogP contribution in [0.15, 0.2) is 47.6 Å². The molecule has 10 heteroatoms. The summed E-state index contributed by atoms with van der Waals surface area (Å²) in [6, 6.07) is 11.0. The molecule has 0 radical (unpaired) electrons. The molecule has 1 amide bonds. The van der Waals surface area contributed by atoms with Gasteiger partial charge in [0.25, 0.3) is 0 Å². The lowest BCUT2D eigenvalue weighted by molar-refractivity contribution is -0.113. The quantitative estimate of drug-likeness (QED) is 0.382. The lowest BCUT2D eigenvalue weighted by atomic mass is 10.2. The Morgan fingerprint density at radius 2 is 1.76 bits per heavy atom. The molecule has 182 valence electrons. The number of anilines is 1. The van der Waals surface area contributed by atoms with E-state index in [1.165, 1.54) is 31.0 Å². The van der Waals surface area contributed by atoms with E-state index in [1.807, 2.05) is 11.5 Å². The van der Waals surface area contributed by atoms with Crippen molar-refractivity contribution >= 4 is 23.4 Å². The highest BCUT2D eigenvalue weighted by molar-refractivity contribution is 7.99. The van der Waals surface area contributed by atoms with Gasteiger partial charge in [0.15, 0.2) is 17.1 Å². The van der Waals surface area contributed by atoms with Crippen molar-refractivity contribution in [3.8, 4) is 17.2 Å². The highest BCUT2D eigenvalue weighted by atomic mass is 32.2. The molecule has 3 rings (SSSR count). The van der Waals surface area contributed by atoms with Crippen LogP contribution >= 0.6 is 11.8 Å². The van der Waals surface area contributed by atoms with E-state index in [1.54, 1.807) is 37.4 Å².